The third kappa shape index (κ3) is 4.43. The summed E-state index contributed by atoms with van der Waals surface area (Å²) in [5, 5.41) is 16.5. The van der Waals surface area contributed by atoms with Crippen LogP contribution in [-0.4, -0.2) is 46.8 Å². The molecule has 1 saturated heterocycles. The second kappa shape index (κ2) is 7.59. The van der Waals surface area contributed by atoms with Gasteiger partial charge in [0, 0.05) is 18.2 Å². The third-order valence-corrected chi connectivity index (χ3v) is 4.21. The van der Waals surface area contributed by atoms with E-state index in [9.17, 15) is 9.90 Å². The normalized spacial score (nSPS) is 18.5. The number of β-amino-alcohol motifs (C(OH)–C–C–N with tert-alkyl or cyclic N) is 1. The van der Waals surface area contributed by atoms with Crippen LogP contribution >= 0.6 is 0 Å². The number of aromatic nitrogens is 1. The number of amides is 1. The predicted octanol–water partition coefficient (Wildman–Crippen LogP) is 1.72. The maximum atomic E-state index is 12.0. The van der Waals surface area contributed by atoms with Crippen molar-refractivity contribution in [2.24, 2.45) is 0 Å². The number of piperidine rings is 1. The van der Waals surface area contributed by atoms with Crippen molar-refractivity contribution in [1.29, 1.82) is 0 Å². The molecule has 24 heavy (non-hydrogen) atoms. The summed E-state index contributed by atoms with van der Waals surface area (Å²) in [6.45, 7) is 4.09. The van der Waals surface area contributed by atoms with Crippen LogP contribution in [0.1, 0.15) is 24.1 Å². The lowest BCUT2D eigenvalue weighted by Gasteiger charge is -2.29. The SMILES string of the molecule is Cc1ccc(-c2cc(CNC(=O)CN3CCC[C@H](O)C3)no2)cc1. The fourth-order valence-electron chi connectivity index (χ4n) is 2.87. The molecular weight excluding hydrogens is 306 g/mol. The first-order chi connectivity index (χ1) is 11.6. The zero-order valence-corrected chi connectivity index (χ0v) is 13.9. The first-order valence-electron chi connectivity index (χ1n) is 8.30. The van der Waals surface area contributed by atoms with Gasteiger partial charge in [0.2, 0.25) is 5.91 Å². The lowest BCUT2D eigenvalue weighted by Crippen LogP contribution is -2.44. The maximum absolute atomic E-state index is 12.0. The molecule has 2 aromatic rings. The number of hydrogen-bond donors (Lipinski definition) is 2. The second-order valence-corrected chi connectivity index (χ2v) is 6.36. The summed E-state index contributed by atoms with van der Waals surface area (Å²) in [5.74, 6) is 0.627. The van der Waals surface area contributed by atoms with E-state index >= 15 is 0 Å². The van der Waals surface area contributed by atoms with Crippen molar-refractivity contribution < 1.29 is 14.4 Å². The topological polar surface area (TPSA) is 78.6 Å². The molecule has 6 heteroatoms. The summed E-state index contributed by atoms with van der Waals surface area (Å²) in [6.07, 6.45) is 1.43. The van der Waals surface area contributed by atoms with Crippen LogP contribution in [0.15, 0.2) is 34.9 Å². The zero-order chi connectivity index (χ0) is 16.9. The van der Waals surface area contributed by atoms with Crippen molar-refractivity contribution in [2.75, 3.05) is 19.6 Å². The van der Waals surface area contributed by atoms with Gasteiger partial charge in [-0.25, -0.2) is 0 Å². The molecule has 0 spiro atoms. The molecular formula is C18H23N3O3. The van der Waals surface area contributed by atoms with Crippen LogP contribution in [0.5, 0.6) is 0 Å². The molecule has 3 rings (SSSR count). The Labute approximate surface area is 141 Å². The Morgan fingerprint density at radius 1 is 1.42 bits per heavy atom. The Bertz CT molecular complexity index is 681. The van der Waals surface area contributed by atoms with Crippen LogP contribution in [0.4, 0.5) is 0 Å². The number of aryl methyl sites for hydroxylation is 1. The molecule has 1 aromatic carbocycles. The smallest absolute Gasteiger partial charge is 0.234 e. The number of carbonyl (C=O) groups is 1. The van der Waals surface area contributed by atoms with Gasteiger partial charge in [-0.2, -0.15) is 0 Å². The van der Waals surface area contributed by atoms with Gasteiger partial charge in [0.15, 0.2) is 5.76 Å². The van der Waals surface area contributed by atoms with Crippen LogP contribution in [-0.2, 0) is 11.3 Å². The average molecular weight is 329 g/mol. The number of nitrogens with zero attached hydrogens (tertiary/aromatic N) is 2. The van der Waals surface area contributed by atoms with E-state index in [1.165, 1.54) is 5.56 Å². The van der Waals surface area contributed by atoms with Gasteiger partial charge in [-0.15, -0.1) is 0 Å². The number of aliphatic hydroxyl groups excluding tert-OH is 1. The highest BCUT2D eigenvalue weighted by Crippen LogP contribution is 2.20. The first kappa shape index (κ1) is 16.7. The number of hydrogen-bond acceptors (Lipinski definition) is 5. The van der Waals surface area contributed by atoms with E-state index in [0.29, 0.717) is 31.1 Å². The highest BCUT2D eigenvalue weighted by molar-refractivity contribution is 5.78. The Hall–Kier alpha value is -2.18. The van der Waals surface area contributed by atoms with Crippen LogP contribution < -0.4 is 5.32 Å². The van der Waals surface area contributed by atoms with Crippen molar-refractivity contribution in [3.63, 3.8) is 0 Å². The van der Waals surface area contributed by atoms with E-state index in [-0.39, 0.29) is 12.0 Å². The van der Waals surface area contributed by atoms with E-state index in [0.717, 1.165) is 24.9 Å². The van der Waals surface area contributed by atoms with E-state index in [1.54, 1.807) is 0 Å². The number of nitrogens with one attached hydrogen (secondary N) is 1. The number of likely N-dealkylation sites (tertiary alicyclic amines) is 1. The molecule has 1 atom stereocenters. The molecule has 0 unspecified atom stereocenters. The van der Waals surface area contributed by atoms with Crippen molar-refractivity contribution in [3.05, 3.63) is 41.6 Å². The van der Waals surface area contributed by atoms with E-state index in [2.05, 4.69) is 10.5 Å². The molecule has 6 nitrogen and oxygen atoms in total. The number of aliphatic hydroxyl groups is 1. The van der Waals surface area contributed by atoms with Gasteiger partial charge in [0.1, 0.15) is 5.69 Å². The molecule has 0 radical (unpaired) electrons. The predicted molar refractivity (Wildman–Crippen MR) is 90.2 cm³/mol. The third-order valence-electron chi connectivity index (χ3n) is 4.21. The molecule has 128 valence electrons. The van der Waals surface area contributed by atoms with Gasteiger partial charge in [-0.1, -0.05) is 35.0 Å². The van der Waals surface area contributed by atoms with Crippen molar-refractivity contribution in [2.45, 2.75) is 32.4 Å². The molecule has 2 N–H and O–H groups in total. The maximum Gasteiger partial charge on any atom is 0.234 e. The van der Waals surface area contributed by atoms with Gasteiger partial charge in [0.05, 0.1) is 19.2 Å². The largest absolute Gasteiger partial charge is 0.392 e. The van der Waals surface area contributed by atoms with Crippen molar-refractivity contribution >= 4 is 5.91 Å². The lowest BCUT2D eigenvalue weighted by molar-refractivity contribution is -0.123. The van der Waals surface area contributed by atoms with Crippen molar-refractivity contribution in [1.82, 2.24) is 15.4 Å². The van der Waals surface area contributed by atoms with Gasteiger partial charge < -0.3 is 14.9 Å². The lowest BCUT2D eigenvalue weighted by atomic mass is 10.1. The molecule has 1 amide bonds. The Kier molecular flexibility index (Phi) is 5.27. The van der Waals surface area contributed by atoms with Gasteiger partial charge >= 0.3 is 0 Å². The minimum atomic E-state index is -0.320. The summed E-state index contributed by atoms with van der Waals surface area (Å²) in [5.41, 5.74) is 2.85. The molecule has 1 aliphatic rings. The molecule has 1 aromatic heterocycles. The molecule has 0 bridgehead atoms. The average Bonchev–Trinajstić information content (AvgIpc) is 3.03. The quantitative estimate of drug-likeness (QED) is 0.873. The highest BCUT2D eigenvalue weighted by Gasteiger charge is 2.19. The molecule has 1 fully saturated rings. The van der Waals surface area contributed by atoms with E-state index in [4.69, 9.17) is 4.52 Å². The monoisotopic (exact) mass is 329 g/mol. The van der Waals surface area contributed by atoms with Crippen LogP contribution in [0.3, 0.4) is 0 Å². The Morgan fingerprint density at radius 3 is 2.96 bits per heavy atom. The minimum absolute atomic E-state index is 0.0658. The zero-order valence-electron chi connectivity index (χ0n) is 13.9. The fourth-order valence-corrected chi connectivity index (χ4v) is 2.87. The number of carbonyl (C=O) groups excluding carboxylic acids is 1. The molecule has 2 heterocycles. The summed E-state index contributed by atoms with van der Waals surface area (Å²) < 4.78 is 5.34. The Balaban J connectivity index is 1.50. The fraction of sp³-hybridized carbons (Fsp3) is 0.444. The van der Waals surface area contributed by atoms with Gasteiger partial charge in [-0.05, 0) is 26.3 Å². The highest BCUT2D eigenvalue weighted by atomic mass is 16.5. The van der Waals surface area contributed by atoms with Crippen LogP contribution in [0.2, 0.25) is 0 Å². The number of rotatable bonds is 5. The van der Waals surface area contributed by atoms with E-state index < -0.39 is 0 Å². The van der Waals surface area contributed by atoms with E-state index in [1.807, 2.05) is 42.2 Å². The molecule has 1 aliphatic heterocycles. The van der Waals surface area contributed by atoms with Crippen molar-refractivity contribution in [3.8, 4) is 11.3 Å². The van der Waals surface area contributed by atoms with Gasteiger partial charge in [0.25, 0.3) is 0 Å². The summed E-state index contributed by atoms with van der Waals surface area (Å²) in [4.78, 5) is 14.0. The minimum Gasteiger partial charge on any atom is -0.392 e. The summed E-state index contributed by atoms with van der Waals surface area (Å²) in [6, 6.07) is 9.86. The Morgan fingerprint density at radius 2 is 2.21 bits per heavy atom. The summed E-state index contributed by atoms with van der Waals surface area (Å²) in [7, 11) is 0. The first-order valence-corrected chi connectivity index (χ1v) is 8.30. The number of benzene rings is 1. The van der Waals surface area contributed by atoms with Crippen LogP contribution in [0, 0.1) is 6.92 Å². The molecule has 0 saturated carbocycles. The van der Waals surface area contributed by atoms with Gasteiger partial charge in [-0.3, -0.25) is 9.69 Å². The van der Waals surface area contributed by atoms with Crippen LogP contribution in [0.25, 0.3) is 11.3 Å². The summed E-state index contributed by atoms with van der Waals surface area (Å²) >= 11 is 0. The standard InChI is InChI=1S/C18H23N3O3/c1-13-4-6-14(7-5-13)17-9-15(20-24-17)10-19-18(23)12-21-8-2-3-16(22)11-21/h4-7,9,16,22H,2-3,8,10-12H2,1H3,(H,19,23)/t16-/m0/s1. The molecule has 0 aliphatic carbocycles. The second-order valence-electron chi connectivity index (χ2n) is 6.36.